The van der Waals surface area contributed by atoms with Gasteiger partial charge in [-0.2, -0.15) is 0 Å². The zero-order valence-electron chi connectivity index (χ0n) is 16.0. The fourth-order valence-electron chi connectivity index (χ4n) is 3.26. The van der Waals surface area contributed by atoms with Gasteiger partial charge in [-0.25, -0.2) is 4.98 Å². The van der Waals surface area contributed by atoms with Crippen molar-refractivity contribution in [1.29, 1.82) is 0 Å². The van der Waals surface area contributed by atoms with E-state index in [0.29, 0.717) is 17.4 Å². The molecule has 4 aromatic rings. The van der Waals surface area contributed by atoms with E-state index < -0.39 is 0 Å². The van der Waals surface area contributed by atoms with Gasteiger partial charge in [-0.15, -0.1) is 0 Å². The Kier molecular flexibility index (Phi) is 4.27. The van der Waals surface area contributed by atoms with Crippen LogP contribution in [-0.2, 0) is 6.61 Å². The van der Waals surface area contributed by atoms with E-state index in [4.69, 9.17) is 9.47 Å². The van der Waals surface area contributed by atoms with Gasteiger partial charge in [-0.1, -0.05) is 0 Å². The van der Waals surface area contributed by atoms with Crippen molar-refractivity contribution in [2.24, 2.45) is 0 Å². The smallest absolute Gasteiger partial charge is 0.258 e. The molecule has 3 aromatic heterocycles. The van der Waals surface area contributed by atoms with Crippen molar-refractivity contribution in [3.05, 3.63) is 76.7 Å². The number of H-pyrrole nitrogens is 1. The summed E-state index contributed by atoms with van der Waals surface area (Å²) in [6.45, 7) is 0.275. The number of methoxy groups -OCH3 is 1. The standard InChI is InChI=1S/C22H20N4O3/c1-28-18-6-4-15(23-12-18)13-29-17-8-9-26(21(27)11-17)16-5-7-19-20(10-16)25-22(24-19)14-2-3-14/h4-12,14H,2-3,13H2,1H3,(H,24,25). The summed E-state index contributed by atoms with van der Waals surface area (Å²) in [4.78, 5) is 24.9. The van der Waals surface area contributed by atoms with Crippen LogP contribution in [0.1, 0.15) is 30.3 Å². The van der Waals surface area contributed by atoms with Crippen LogP contribution in [0.5, 0.6) is 11.5 Å². The van der Waals surface area contributed by atoms with E-state index in [9.17, 15) is 4.79 Å². The molecular formula is C22H20N4O3. The van der Waals surface area contributed by atoms with Crippen molar-refractivity contribution in [2.45, 2.75) is 25.4 Å². The molecule has 0 atom stereocenters. The molecule has 29 heavy (non-hydrogen) atoms. The van der Waals surface area contributed by atoms with E-state index in [1.807, 2.05) is 30.3 Å². The number of nitrogens with one attached hydrogen (secondary N) is 1. The molecule has 1 aromatic carbocycles. The van der Waals surface area contributed by atoms with Gasteiger partial charge in [0.1, 0.15) is 23.9 Å². The van der Waals surface area contributed by atoms with Crippen LogP contribution in [0.25, 0.3) is 16.7 Å². The highest BCUT2D eigenvalue weighted by Crippen LogP contribution is 2.39. The molecule has 1 N–H and O–H groups in total. The number of nitrogens with zero attached hydrogens (tertiary/aromatic N) is 3. The van der Waals surface area contributed by atoms with Gasteiger partial charge < -0.3 is 14.5 Å². The molecule has 146 valence electrons. The molecule has 0 amide bonds. The zero-order chi connectivity index (χ0) is 19.8. The number of pyridine rings is 2. The summed E-state index contributed by atoms with van der Waals surface area (Å²) in [5.74, 6) is 2.79. The summed E-state index contributed by atoms with van der Waals surface area (Å²) >= 11 is 0. The topological polar surface area (TPSA) is 82.0 Å². The second kappa shape index (κ2) is 7.09. The number of imidazole rings is 1. The molecule has 5 rings (SSSR count). The Balaban J connectivity index is 1.34. The van der Waals surface area contributed by atoms with E-state index >= 15 is 0 Å². The molecule has 1 aliphatic carbocycles. The van der Waals surface area contributed by atoms with Crippen molar-refractivity contribution >= 4 is 11.0 Å². The summed E-state index contributed by atoms with van der Waals surface area (Å²) in [6.07, 6.45) is 5.74. The van der Waals surface area contributed by atoms with Crippen molar-refractivity contribution in [1.82, 2.24) is 19.5 Å². The van der Waals surface area contributed by atoms with Gasteiger partial charge >= 0.3 is 0 Å². The number of ether oxygens (including phenoxy) is 2. The Hall–Kier alpha value is -3.61. The molecule has 1 fully saturated rings. The van der Waals surface area contributed by atoms with E-state index in [1.54, 1.807) is 30.1 Å². The summed E-state index contributed by atoms with van der Waals surface area (Å²) in [6, 6.07) is 12.7. The molecule has 0 bridgehead atoms. The Morgan fingerprint density at radius 3 is 2.76 bits per heavy atom. The fourth-order valence-corrected chi connectivity index (χ4v) is 3.26. The SMILES string of the molecule is COc1ccc(COc2ccn(-c3ccc4nc(C5CC5)[nH]c4c3)c(=O)c2)nc1. The number of rotatable bonds is 6. The van der Waals surface area contributed by atoms with Crippen molar-refractivity contribution in [3.63, 3.8) is 0 Å². The lowest BCUT2D eigenvalue weighted by Gasteiger charge is -2.09. The minimum atomic E-state index is -0.161. The van der Waals surface area contributed by atoms with Crippen LogP contribution in [-0.4, -0.2) is 26.6 Å². The molecule has 0 saturated heterocycles. The first-order valence-corrected chi connectivity index (χ1v) is 9.54. The lowest BCUT2D eigenvalue weighted by atomic mass is 10.2. The number of fused-ring (bicyclic) bond motifs is 1. The predicted molar refractivity (Wildman–Crippen MR) is 109 cm³/mol. The van der Waals surface area contributed by atoms with Crippen LogP contribution in [0.3, 0.4) is 0 Å². The first-order valence-electron chi connectivity index (χ1n) is 9.54. The zero-order valence-corrected chi connectivity index (χ0v) is 16.0. The third-order valence-electron chi connectivity index (χ3n) is 5.04. The van der Waals surface area contributed by atoms with Crippen LogP contribution < -0.4 is 15.0 Å². The molecule has 0 spiro atoms. The Bertz CT molecular complexity index is 1220. The summed E-state index contributed by atoms with van der Waals surface area (Å²) < 4.78 is 12.4. The molecule has 1 saturated carbocycles. The number of hydrogen-bond acceptors (Lipinski definition) is 5. The van der Waals surface area contributed by atoms with E-state index in [0.717, 1.165) is 28.2 Å². The first kappa shape index (κ1) is 17.5. The summed E-state index contributed by atoms with van der Waals surface area (Å²) in [5, 5.41) is 0. The van der Waals surface area contributed by atoms with Crippen molar-refractivity contribution in [3.8, 4) is 17.2 Å². The van der Waals surface area contributed by atoms with E-state index in [1.165, 1.54) is 18.9 Å². The number of aromatic nitrogens is 4. The Morgan fingerprint density at radius 2 is 2.03 bits per heavy atom. The predicted octanol–water partition coefficient (Wildman–Crippen LogP) is 3.57. The van der Waals surface area contributed by atoms with Gasteiger partial charge in [0.2, 0.25) is 0 Å². The maximum Gasteiger partial charge on any atom is 0.258 e. The lowest BCUT2D eigenvalue weighted by molar-refractivity contribution is 0.300. The second-order valence-corrected chi connectivity index (χ2v) is 7.15. The third kappa shape index (κ3) is 3.59. The minimum absolute atomic E-state index is 0.161. The maximum atomic E-state index is 12.6. The normalized spacial score (nSPS) is 13.6. The van der Waals surface area contributed by atoms with E-state index in [2.05, 4.69) is 15.0 Å². The van der Waals surface area contributed by atoms with Gasteiger partial charge in [-0.05, 0) is 49.2 Å². The number of aromatic amines is 1. The molecule has 0 radical (unpaired) electrons. The average molecular weight is 388 g/mol. The van der Waals surface area contributed by atoms with Crippen molar-refractivity contribution < 1.29 is 9.47 Å². The number of hydrogen-bond donors (Lipinski definition) is 1. The van der Waals surface area contributed by atoms with Gasteiger partial charge in [0.25, 0.3) is 5.56 Å². The van der Waals surface area contributed by atoms with Crippen LogP contribution in [0.2, 0.25) is 0 Å². The van der Waals surface area contributed by atoms with Crippen molar-refractivity contribution in [2.75, 3.05) is 7.11 Å². The van der Waals surface area contributed by atoms with E-state index in [-0.39, 0.29) is 12.2 Å². The Labute approximate surface area is 167 Å². The largest absolute Gasteiger partial charge is 0.495 e. The summed E-state index contributed by atoms with van der Waals surface area (Å²) in [5.41, 5.74) is 3.26. The highest BCUT2D eigenvalue weighted by Gasteiger charge is 2.26. The summed E-state index contributed by atoms with van der Waals surface area (Å²) in [7, 11) is 1.60. The van der Waals surface area contributed by atoms with Gasteiger partial charge in [0.15, 0.2) is 0 Å². The average Bonchev–Trinajstić information content (AvgIpc) is 3.51. The van der Waals surface area contributed by atoms with Crippen LogP contribution in [0.4, 0.5) is 0 Å². The monoisotopic (exact) mass is 388 g/mol. The van der Waals surface area contributed by atoms with Crippen LogP contribution in [0.15, 0.2) is 59.7 Å². The van der Waals surface area contributed by atoms with Crippen LogP contribution >= 0.6 is 0 Å². The lowest BCUT2D eigenvalue weighted by Crippen LogP contribution is -2.16. The first-order chi connectivity index (χ1) is 14.2. The van der Waals surface area contributed by atoms with Gasteiger partial charge in [0.05, 0.1) is 35.7 Å². The molecule has 7 nitrogen and oxygen atoms in total. The quantitative estimate of drug-likeness (QED) is 0.546. The minimum Gasteiger partial charge on any atom is -0.495 e. The van der Waals surface area contributed by atoms with Gasteiger partial charge in [-0.3, -0.25) is 14.3 Å². The molecule has 7 heteroatoms. The highest BCUT2D eigenvalue weighted by atomic mass is 16.5. The second-order valence-electron chi connectivity index (χ2n) is 7.15. The number of benzene rings is 1. The maximum absolute atomic E-state index is 12.6. The Morgan fingerprint density at radius 1 is 1.14 bits per heavy atom. The van der Waals surface area contributed by atoms with Crippen LogP contribution in [0, 0.1) is 0 Å². The van der Waals surface area contributed by atoms with Gasteiger partial charge in [0, 0.05) is 18.2 Å². The highest BCUT2D eigenvalue weighted by molar-refractivity contribution is 5.77. The molecule has 0 unspecified atom stereocenters. The molecule has 0 aliphatic heterocycles. The molecule has 3 heterocycles. The molecule has 1 aliphatic rings. The molecular weight excluding hydrogens is 368 g/mol. The fraction of sp³-hybridized carbons (Fsp3) is 0.227. The third-order valence-corrected chi connectivity index (χ3v) is 5.04.